The van der Waals surface area contributed by atoms with Gasteiger partial charge in [-0.3, -0.25) is 0 Å². The summed E-state index contributed by atoms with van der Waals surface area (Å²) in [5, 5.41) is 13.8. The van der Waals surface area contributed by atoms with Crippen molar-refractivity contribution in [2.45, 2.75) is 62.4 Å². The number of carboxylic acid groups (broad SMARTS) is 1. The zero-order valence-electron chi connectivity index (χ0n) is 16.3. The Morgan fingerprint density at radius 2 is 1.81 bits per heavy atom. The monoisotopic (exact) mass is 468 g/mol. The number of benzene rings is 1. The second-order valence-electron chi connectivity index (χ2n) is 8.37. The fraction of sp³-hybridized carbons (Fsp3) is 0.476. The number of amides is 1. The first-order valence-corrected chi connectivity index (χ1v) is 10.9. The van der Waals surface area contributed by atoms with Crippen LogP contribution in [0.1, 0.15) is 54.6 Å². The van der Waals surface area contributed by atoms with E-state index in [9.17, 15) is 19.1 Å². The number of ether oxygens (including phenoxy) is 1. The molecular formula is C21H19Cl2FN2O5. The first-order chi connectivity index (χ1) is 14.8. The third-order valence-corrected chi connectivity index (χ3v) is 7.01. The van der Waals surface area contributed by atoms with Crippen molar-refractivity contribution in [1.82, 2.24) is 10.1 Å². The van der Waals surface area contributed by atoms with Crippen LogP contribution in [0, 0.1) is 0 Å². The molecule has 5 rings (SSSR count). The summed E-state index contributed by atoms with van der Waals surface area (Å²) in [6, 6.07) is 4.45. The average Bonchev–Trinajstić information content (AvgIpc) is 3.18. The van der Waals surface area contributed by atoms with Crippen LogP contribution in [-0.4, -0.2) is 45.4 Å². The Morgan fingerprint density at radius 1 is 1.19 bits per heavy atom. The first kappa shape index (κ1) is 20.6. The van der Waals surface area contributed by atoms with Crippen LogP contribution in [0.15, 0.2) is 22.7 Å². The molecule has 10 heteroatoms. The molecular weight excluding hydrogens is 450 g/mol. The van der Waals surface area contributed by atoms with Crippen LogP contribution in [-0.2, 0) is 10.4 Å². The van der Waals surface area contributed by atoms with Gasteiger partial charge in [0.2, 0.25) is 0 Å². The van der Waals surface area contributed by atoms with E-state index >= 15 is 0 Å². The largest absolute Gasteiger partial charge is 0.465 e. The summed E-state index contributed by atoms with van der Waals surface area (Å²) < 4.78 is 26.0. The van der Waals surface area contributed by atoms with E-state index in [1.165, 1.54) is 4.90 Å². The minimum absolute atomic E-state index is 0.0467. The van der Waals surface area contributed by atoms with Crippen molar-refractivity contribution >= 4 is 35.3 Å². The number of hydrogen-bond acceptors (Lipinski definition) is 5. The molecule has 0 unspecified atom stereocenters. The van der Waals surface area contributed by atoms with Gasteiger partial charge in [-0.2, -0.15) is 0 Å². The van der Waals surface area contributed by atoms with Crippen LogP contribution in [0.2, 0.25) is 10.0 Å². The Hall–Kier alpha value is -2.32. The predicted molar refractivity (Wildman–Crippen MR) is 109 cm³/mol. The molecule has 3 aliphatic rings. The molecule has 1 aliphatic carbocycles. The van der Waals surface area contributed by atoms with Crippen molar-refractivity contribution < 1.29 is 28.3 Å². The molecule has 2 aliphatic heterocycles. The summed E-state index contributed by atoms with van der Waals surface area (Å²) in [4.78, 5) is 26.2. The van der Waals surface area contributed by atoms with Gasteiger partial charge in [0.15, 0.2) is 11.4 Å². The van der Waals surface area contributed by atoms with Crippen LogP contribution in [0.25, 0.3) is 11.3 Å². The minimum atomic E-state index is -1.76. The molecule has 1 saturated carbocycles. The average molecular weight is 469 g/mol. The second kappa shape index (κ2) is 7.38. The number of aromatic nitrogens is 1. The zero-order valence-corrected chi connectivity index (χ0v) is 17.8. The summed E-state index contributed by atoms with van der Waals surface area (Å²) >= 11 is 12.6. The number of halogens is 3. The Balaban J connectivity index is 1.47. The number of esters is 1. The lowest BCUT2D eigenvalue weighted by molar-refractivity contribution is -0.00246. The Morgan fingerprint density at radius 3 is 2.35 bits per heavy atom. The lowest BCUT2D eigenvalue weighted by Crippen LogP contribution is -2.48. The molecule has 1 N–H and O–H groups in total. The van der Waals surface area contributed by atoms with E-state index < -0.39 is 23.8 Å². The maximum absolute atomic E-state index is 15.0. The fourth-order valence-corrected chi connectivity index (χ4v) is 5.34. The summed E-state index contributed by atoms with van der Waals surface area (Å²) in [7, 11) is 0. The van der Waals surface area contributed by atoms with Gasteiger partial charge in [-0.05, 0) is 37.8 Å². The third-order valence-electron chi connectivity index (χ3n) is 6.38. The number of fused-ring (bicyclic) bond motifs is 2. The van der Waals surface area contributed by atoms with Gasteiger partial charge in [-0.1, -0.05) is 34.4 Å². The van der Waals surface area contributed by atoms with Gasteiger partial charge in [0.05, 0.1) is 10.0 Å². The van der Waals surface area contributed by atoms with Gasteiger partial charge in [-0.15, -0.1) is 0 Å². The molecule has 1 amide bonds. The van der Waals surface area contributed by atoms with Crippen LogP contribution in [0.4, 0.5) is 9.18 Å². The van der Waals surface area contributed by atoms with Gasteiger partial charge in [0.25, 0.3) is 0 Å². The van der Waals surface area contributed by atoms with E-state index in [1.54, 1.807) is 18.2 Å². The van der Waals surface area contributed by atoms with Crippen molar-refractivity contribution in [3.8, 4) is 11.3 Å². The van der Waals surface area contributed by atoms with E-state index in [1.807, 2.05) is 0 Å². The predicted octanol–water partition coefficient (Wildman–Crippen LogP) is 5.44. The summed E-state index contributed by atoms with van der Waals surface area (Å²) in [6.45, 7) is 0. The molecule has 2 aromatic rings. The molecule has 1 aromatic heterocycles. The highest BCUT2D eigenvalue weighted by atomic mass is 35.5. The van der Waals surface area contributed by atoms with Crippen molar-refractivity contribution in [2.24, 2.45) is 0 Å². The smallest absolute Gasteiger partial charge is 0.407 e. The molecule has 0 spiro atoms. The highest BCUT2D eigenvalue weighted by Gasteiger charge is 2.53. The lowest BCUT2D eigenvalue weighted by atomic mass is 9.99. The van der Waals surface area contributed by atoms with Crippen molar-refractivity contribution in [2.75, 3.05) is 0 Å². The molecule has 31 heavy (non-hydrogen) atoms. The van der Waals surface area contributed by atoms with Gasteiger partial charge in [-0.25, -0.2) is 14.0 Å². The van der Waals surface area contributed by atoms with E-state index in [2.05, 4.69) is 5.16 Å². The van der Waals surface area contributed by atoms with E-state index in [0.717, 1.165) is 12.8 Å². The summed E-state index contributed by atoms with van der Waals surface area (Å²) in [5.74, 6) is -0.936. The van der Waals surface area contributed by atoms with Crippen LogP contribution >= 0.6 is 23.2 Å². The van der Waals surface area contributed by atoms with Gasteiger partial charge in [0, 0.05) is 30.5 Å². The quantitative estimate of drug-likeness (QED) is 0.600. The molecule has 1 aromatic carbocycles. The number of nitrogens with zero attached hydrogens (tertiary/aromatic N) is 2. The number of piperidine rings is 1. The number of carbonyl (C=O) groups is 2. The second-order valence-corrected chi connectivity index (χ2v) is 9.19. The number of rotatable bonds is 4. The lowest BCUT2D eigenvalue weighted by Gasteiger charge is -2.36. The highest BCUT2D eigenvalue weighted by Crippen LogP contribution is 2.53. The standard InChI is InChI=1S/C21H19Cl2FN2O5/c22-13-2-1-3-14(23)15(13)17-16(18(31-25-17)21(24)6-7-21)19(27)30-12-8-10-4-5-11(9-12)26(10)20(28)29/h1-3,10-12H,4-9H2,(H,28,29)/t10-,11+,12-. The first-order valence-electron chi connectivity index (χ1n) is 10.1. The molecule has 2 bridgehead atoms. The van der Waals surface area contributed by atoms with E-state index in [4.69, 9.17) is 32.5 Å². The Kier molecular flexibility index (Phi) is 4.90. The highest BCUT2D eigenvalue weighted by molar-refractivity contribution is 6.39. The Bertz CT molecular complexity index is 1040. The third kappa shape index (κ3) is 3.46. The van der Waals surface area contributed by atoms with Gasteiger partial charge >= 0.3 is 12.1 Å². The number of carbonyl (C=O) groups excluding carboxylic acids is 1. The number of hydrogen-bond donors (Lipinski definition) is 1. The molecule has 0 radical (unpaired) electrons. The molecule has 3 fully saturated rings. The van der Waals surface area contributed by atoms with Crippen LogP contribution in [0.5, 0.6) is 0 Å². The van der Waals surface area contributed by atoms with Crippen molar-refractivity contribution in [1.29, 1.82) is 0 Å². The van der Waals surface area contributed by atoms with E-state index in [-0.39, 0.29) is 57.6 Å². The maximum atomic E-state index is 15.0. The molecule has 164 valence electrons. The van der Waals surface area contributed by atoms with Gasteiger partial charge in [0.1, 0.15) is 17.4 Å². The van der Waals surface area contributed by atoms with Crippen LogP contribution < -0.4 is 0 Å². The summed E-state index contributed by atoms with van der Waals surface area (Å²) in [6.07, 6.45) is 1.28. The topological polar surface area (TPSA) is 92.9 Å². The van der Waals surface area contributed by atoms with Crippen molar-refractivity contribution in [3.05, 3.63) is 39.6 Å². The fourth-order valence-electron chi connectivity index (χ4n) is 4.76. The molecule has 2 saturated heterocycles. The van der Waals surface area contributed by atoms with Crippen molar-refractivity contribution in [3.63, 3.8) is 0 Å². The van der Waals surface area contributed by atoms with E-state index in [0.29, 0.717) is 12.8 Å². The summed E-state index contributed by atoms with van der Waals surface area (Å²) in [5.41, 5.74) is -1.55. The molecule has 3 heterocycles. The number of alkyl halides is 1. The van der Waals surface area contributed by atoms with Gasteiger partial charge < -0.3 is 19.3 Å². The molecule has 7 nitrogen and oxygen atoms in total. The Labute approximate surface area is 187 Å². The normalized spacial score (nSPS) is 26.0. The van der Waals surface area contributed by atoms with Crippen LogP contribution in [0.3, 0.4) is 0 Å². The maximum Gasteiger partial charge on any atom is 0.407 e. The zero-order chi connectivity index (χ0) is 21.9. The molecule has 3 atom stereocenters. The minimum Gasteiger partial charge on any atom is -0.465 e. The SMILES string of the molecule is O=C(O[C@@H]1C[C@H]2CC[C@@H](C1)N2C(=O)O)c1c(-c2c(Cl)cccc2Cl)noc1C1(F)CC1.